The number of hydrogen-bond acceptors (Lipinski definition) is 3. The lowest BCUT2D eigenvalue weighted by Gasteiger charge is -2.09. The largest absolute Gasteiger partial charge is 0.486 e. The summed E-state index contributed by atoms with van der Waals surface area (Å²) in [6, 6.07) is 9.49. The van der Waals surface area contributed by atoms with Gasteiger partial charge in [-0.3, -0.25) is 4.79 Å². The fourth-order valence-corrected chi connectivity index (χ4v) is 2.29. The van der Waals surface area contributed by atoms with Gasteiger partial charge in [-0.25, -0.2) is 4.98 Å². The number of benzene rings is 1. The van der Waals surface area contributed by atoms with E-state index in [2.05, 4.69) is 23.8 Å². The van der Waals surface area contributed by atoms with E-state index in [4.69, 9.17) is 4.74 Å². The maximum absolute atomic E-state index is 11.9. The van der Waals surface area contributed by atoms with Gasteiger partial charge in [-0.2, -0.15) is 0 Å². The molecule has 0 saturated carbocycles. The Morgan fingerprint density at radius 1 is 1.30 bits per heavy atom. The predicted octanol–water partition coefficient (Wildman–Crippen LogP) is 3.15. The molecule has 4 nitrogen and oxygen atoms in total. The SMILES string of the molecule is CC(C)Cc1nc(COc2ccccc2)[nH]c(=O)c1I. The van der Waals surface area contributed by atoms with Crippen molar-refractivity contribution >= 4 is 22.6 Å². The predicted molar refractivity (Wildman–Crippen MR) is 86.9 cm³/mol. The van der Waals surface area contributed by atoms with Crippen LogP contribution in [0.5, 0.6) is 5.75 Å². The van der Waals surface area contributed by atoms with Crippen LogP contribution >= 0.6 is 22.6 Å². The van der Waals surface area contributed by atoms with Gasteiger partial charge in [0.2, 0.25) is 0 Å². The third-order valence-electron chi connectivity index (χ3n) is 2.70. The number of para-hydroxylation sites is 1. The lowest BCUT2D eigenvalue weighted by molar-refractivity contribution is 0.294. The lowest BCUT2D eigenvalue weighted by Crippen LogP contribution is -2.20. The first-order valence-corrected chi connectivity index (χ1v) is 7.59. The molecule has 0 atom stereocenters. The van der Waals surface area contributed by atoms with Gasteiger partial charge >= 0.3 is 0 Å². The van der Waals surface area contributed by atoms with Gasteiger partial charge in [-0.05, 0) is 47.1 Å². The topological polar surface area (TPSA) is 55.0 Å². The minimum atomic E-state index is -0.0945. The molecule has 0 amide bonds. The van der Waals surface area contributed by atoms with Crippen LogP contribution in [0.3, 0.4) is 0 Å². The first-order chi connectivity index (χ1) is 9.56. The van der Waals surface area contributed by atoms with Gasteiger partial charge in [0.05, 0.1) is 9.26 Å². The van der Waals surface area contributed by atoms with Gasteiger partial charge in [0.1, 0.15) is 18.2 Å². The highest BCUT2D eigenvalue weighted by Crippen LogP contribution is 2.13. The fourth-order valence-electron chi connectivity index (χ4n) is 1.82. The Bertz CT molecular complexity index is 624. The zero-order valence-corrected chi connectivity index (χ0v) is 13.7. The number of aromatic nitrogens is 2. The van der Waals surface area contributed by atoms with E-state index in [1.165, 1.54) is 0 Å². The number of ether oxygens (including phenoxy) is 1. The molecule has 106 valence electrons. The van der Waals surface area contributed by atoms with Crippen LogP contribution in [0.2, 0.25) is 0 Å². The molecule has 0 aliphatic rings. The fraction of sp³-hybridized carbons (Fsp3) is 0.333. The lowest BCUT2D eigenvalue weighted by atomic mass is 10.1. The van der Waals surface area contributed by atoms with Gasteiger partial charge in [0.25, 0.3) is 5.56 Å². The van der Waals surface area contributed by atoms with Gasteiger partial charge in [-0.1, -0.05) is 32.0 Å². The summed E-state index contributed by atoms with van der Waals surface area (Å²) in [7, 11) is 0. The molecule has 2 aromatic rings. The van der Waals surface area contributed by atoms with Crippen molar-refractivity contribution in [1.82, 2.24) is 9.97 Å². The molecule has 0 bridgehead atoms. The Morgan fingerprint density at radius 3 is 2.65 bits per heavy atom. The molecule has 5 heteroatoms. The molecule has 0 radical (unpaired) electrons. The summed E-state index contributed by atoms with van der Waals surface area (Å²) in [5.74, 6) is 1.79. The first-order valence-electron chi connectivity index (χ1n) is 6.51. The zero-order chi connectivity index (χ0) is 14.5. The summed E-state index contributed by atoms with van der Waals surface area (Å²) in [5, 5.41) is 0. The number of rotatable bonds is 5. The Labute approximate surface area is 131 Å². The van der Waals surface area contributed by atoms with Crippen molar-refractivity contribution in [1.29, 1.82) is 0 Å². The van der Waals surface area contributed by atoms with E-state index in [1.807, 2.05) is 52.9 Å². The molecule has 20 heavy (non-hydrogen) atoms. The van der Waals surface area contributed by atoms with Gasteiger partial charge < -0.3 is 9.72 Å². The molecular formula is C15H17IN2O2. The number of halogens is 1. The van der Waals surface area contributed by atoms with Crippen LogP contribution in [0.25, 0.3) is 0 Å². The summed E-state index contributed by atoms with van der Waals surface area (Å²) in [5.41, 5.74) is 0.749. The second kappa shape index (κ2) is 6.88. The molecule has 1 aromatic carbocycles. The summed E-state index contributed by atoms with van der Waals surface area (Å²) in [6.07, 6.45) is 0.792. The van der Waals surface area contributed by atoms with Crippen LogP contribution in [-0.2, 0) is 13.0 Å². The Hall–Kier alpha value is -1.37. The average molecular weight is 384 g/mol. The molecule has 0 spiro atoms. The number of hydrogen-bond donors (Lipinski definition) is 1. The highest BCUT2D eigenvalue weighted by atomic mass is 127. The third-order valence-corrected chi connectivity index (χ3v) is 3.81. The van der Waals surface area contributed by atoms with Crippen LogP contribution in [0.4, 0.5) is 0 Å². The van der Waals surface area contributed by atoms with Crippen LogP contribution in [0, 0.1) is 9.49 Å². The van der Waals surface area contributed by atoms with Gasteiger partial charge in [0.15, 0.2) is 0 Å². The van der Waals surface area contributed by atoms with E-state index < -0.39 is 0 Å². The van der Waals surface area contributed by atoms with Crippen molar-refractivity contribution in [3.05, 3.63) is 55.8 Å². The van der Waals surface area contributed by atoms with E-state index in [-0.39, 0.29) is 12.2 Å². The molecule has 0 unspecified atom stereocenters. The van der Waals surface area contributed by atoms with E-state index in [1.54, 1.807) is 0 Å². The monoisotopic (exact) mass is 384 g/mol. The number of nitrogens with zero attached hydrogens (tertiary/aromatic N) is 1. The van der Waals surface area contributed by atoms with Crippen LogP contribution in [0.15, 0.2) is 35.1 Å². The molecule has 1 N–H and O–H groups in total. The minimum absolute atomic E-state index is 0.0945. The molecular weight excluding hydrogens is 367 g/mol. The smallest absolute Gasteiger partial charge is 0.264 e. The molecule has 1 heterocycles. The standard InChI is InChI=1S/C15H17IN2O2/c1-10(2)8-12-14(16)15(19)18-13(17-12)9-20-11-6-4-3-5-7-11/h3-7,10H,8-9H2,1-2H3,(H,17,18,19). The zero-order valence-electron chi connectivity index (χ0n) is 11.5. The Balaban J connectivity index is 2.16. The second-order valence-electron chi connectivity index (χ2n) is 4.97. The average Bonchev–Trinajstić information content (AvgIpc) is 2.42. The van der Waals surface area contributed by atoms with Crippen molar-refractivity contribution in [2.75, 3.05) is 0 Å². The third kappa shape index (κ3) is 4.06. The molecule has 0 saturated heterocycles. The second-order valence-corrected chi connectivity index (χ2v) is 6.05. The number of nitrogens with one attached hydrogen (secondary N) is 1. The van der Waals surface area contributed by atoms with Crippen molar-refractivity contribution in [3.63, 3.8) is 0 Å². The van der Waals surface area contributed by atoms with E-state index in [9.17, 15) is 4.79 Å². The van der Waals surface area contributed by atoms with Crippen LogP contribution < -0.4 is 10.3 Å². The van der Waals surface area contributed by atoms with E-state index in [0.29, 0.717) is 15.3 Å². The van der Waals surface area contributed by atoms with Crippen molar-refractivity contribution < 1.29 is 4.74 Å². The number of aromatic amines is 1. The highest BCUT2D eigenvalue weighted by molar-refractivity contribution is 14.1. The van der Waals surface area contributed by atoms with Crippen LogP contribution in [-0.4, -0.2) is 9.97 Å². The van der Waals surface area contributed by atoms with Crippen LogP contribution in [0.1, 0.15) is 25.4 Å². The number of H-pyrrole nitrogens is 1. The van der Waals surface area contributed by atoms with Crippen molar-refractivity contribution in [2.24, 2.45) is 5.92 Å². The Morgan fingerprint density at radius 2 is 2.00 bits per heavy atom. The normalized spacial score (nSPS) is 10.8. The van der Waals surface area contributed by atoms with E-state index in [0.717, 1.165) is 17.9 Å². The highest BCUT2D eigenvalue weighted by Gasteiger charge is 2.10. The summed E-state index contributed by atoms with van der Waals surface area (Å²) in [6.45, 7) is 4.49. The summed E-state index contributed by atoms with van der Waals surface area (Å²) >= 11 is 2.05. The maximum atomic E-state index is 11.9. The first kappa shape index (κ1) is 15.0. The Kier molecular flexibility index (Phi) is 5.17. The minimum Gasteiger partial charge on any atom is -0.486 e. The molecule has 0 aliphatic heterocycles. The summed E-state index contributed by atoms with van der Waals surface area (Å²) < 4.78 is 6.28. The van der Waals surface area contributed by atoms with Crippen molar-refractivity contribution in [2.45, 2.75) is 26.9 Å². The van der Waals surface area contributed by atoms with E-state index >= 15 is 0 Å². The quantitative estimate of drug-likeness (QED) is 0.806. The summed E-state index contributed by atoms with van der Waals surface area (Å²) in [4.78, 5) is 19.2. The molecule has 1 aromatic heterocycles. The maximum Gasteiger partial charge on any atom is 0.264 e. The molecule has 2 rings (SSSR count). The molecule has 0 aliphatic carbocycles. The van der Waals surface area contributed by atoms with Gasteiger partial charge in [-0.15, -0.1) is 0 Å². The van der Waals surface area contributed by atoms with Gasteiger partial charge in [0, 0.05) is 0 Å². The molecule has 0 fully saturated rings. The van der Waals surface area contributed by atoms with Crippen molar-refractivity contribution in [3.8, 4) is 5.75 Å².